The van der Waals surface area contributed by atoms with Crippen molar-refractivity contribution in [1.29, 1.82) is 0 Å². The third-order valence-corrected chi connectivity index (χ3v) is 9.80. The van der Waals surface area contributed by atoms with Gasteiger partial charge in [0.05, 0.1) is 30.2 Å². The van der Waals surface area contributed by atoms with Gasteiger partial charge < -0.3 is 0 Å². The minimum Gasteiger partial charge on any atom is -0.208 e. The van der Waals surface area contributed by atoms with Gasteiger partial charge >= 0.3 is 0 Å². The molecule has 10 rings (SSSR count). The SMILES string of the molecule is [2H]c1c([2H])c(-c2nc(-c3ccccc3)nc(-c3c([2H])c([2H])c([2H])c(-c4c([2H])c([2H])c([2H])c5sc6c([2H])c([2H])c([2H])c([2H])c6c45)c3[2H])n2)c([2H])c(-c2c([2H])c([2H])c([2H])c3sc4c([2H])c([2H])c([2H])c([2H])c4c23)c1[2H]. The Kier molecular flexibility index (Phi) is 3.43. The van der Waals surface area contributed by atoms with Crippen LogP contribution in [0.15, 0.2) is 163 Å². The molecule has 50 heavy (non-hydrogen) atoms. The molecule has 0 bridgehead atoms. The summed E-state index contributed by atoms with van der Waals surface area (Å²) in [5, 5.41) is -0.681. The first-order valence-electron chi connectivity index (χ1n) is 25.8. The number of thiophene rings is 2. The molecule has 5 heteroatoms. The van der Waals surface area contributed by atoms with E-state index >= 15 is 0 Å². The van der Waals surface area contributed by atoms with Crippen molar-refractivity contribution in [3.63, 3.8) is 0 Å². The second-order valence-electron chi connectivity index (χ2n) is 10.7. The predicted molar refractivity (Wildman–Crippen MR) is 213 cm³/mol. The Labute approximate surface area is 327 Å². The zero-order chi connectivity index (χ0) is 52.2. The Bertz CT molecular complexity index is 3900. The van der Waals surface area contributed by atoms with Crippen molar-refractivity contribution in [1.82, 2.24) is 15.0 Å². The molecule has 0 saturated heterocycles. The fraction of sp³-hybridized carbons (Fsp3) is 0. The zero-order valence-corrected chi connectivity index (χ0v) is 26.7. The number of aromatic nitrogens is 3. The van der Waals surface area contributed by atoms with E-state index in [0.29, 0.717) is 0 Å². The highest BCUT2D eigenvalue weighted by Crippen LogP contribution is 2.42. The average Bonchev–Trinajstić information content (AvgIpc) is 3.97. The molecule has 0 atom stereocenters. The molecule has 3 nitrogen and oxygen atoms in total. The smallest absolute Gasteiger partial charge is 0.164 e. The molecule has 0 N–H and O–H groups in total. The van der Waals surface area contributed by atoms with Crippen LogP contribution in [0.3, 0.4) is 0 Å². The van der Waals surface area contributed by atoms with E-state index in [9.17, 15) is 5.48 Å². The fourth-order valence-electron chi connectivity index (χ4n) is 5.57. The topological polar surface area (TPSA) is 38.7 Å². The van der Waals surface area contributed by atoms with E-state index in [4.69, 9.17) is 24.7 Å². The van der Waals surface area contributed by atoms with E-state index in [-0.39, 0.29) is 51.7 Å². The average molecular weight is 696 g/mol. The number of fused-ring (bicyclic) bond motifs is 6. The van der Waals surface area contributed by atoms with Crippen LogP contribution in [0.2, 0.25) is 0 Å². The molecule has 0 aliphatic carbocycles. The minimum atomic E-state index is -0.844. The summed E-state index contributed by atoms with van der Waals surface area (Å²) in [5.74, 6) is -1.38. The molecule has 7 aromatic carbocycles. The molecule has 0 saturated carbocycles. The summed E-state index contributed by atoms with van der Waals surface area (Å²) in [5.41, 5.74) is -2.85. The third kappa shape index (κ3) is 4.90. The van der Waals surface area contributed by atoms with Crippen LogP contribution < -0.4 is 0 Å². The quantitative estimate of drug-likeness (QED) is 0.180. The van der Waals surface area contributed by atoms with Crippen LogP contribution in [-0.4, -0.2) is 15.0 Å². The van der Waals surface area contributed by atoms with Crippen molar-refractivity contribution in [3.8, 4) is 56.4 Å². The maximum absolute atomic E-state index is 9.72. The molecule has 0 unspecified atom stereocenters. The number of hydrogen-bond donors (Lipinski definition) is 0. The molecule has 0 spiro atoms. The summed E-state index contributed by atoms with van der Waals surface area (Å²) in [6, 6.07) is -6.91. The van der Waals surface area contributed by atoms with Crippen molar-refractivity contribution in [3.05, 3.63) is 163 Å². The normalized spacial score (nSPS) is 17.8. The monoisotopic (exact) mass is 695 g/mol. The van der Waals surface area contributed by atoms with Gasteiger partial charge in [-0.05, 0) is 58.5 Å². The van der Waals surface area contributed by atoms with Gasteiger partial charge in [-0.25, -0.2) is 15.0 Å². The first kappa shape index (κ1) is 14.5. The maximum atomic E-state index is 9.72. The lowest BCUT2D eigenvalue weighted by atomic mass is 9.97. The number of benzene rings is 7. The summed E-state index contributed by atoms with van der Waals surface area (Å²) in [6.45, 7) is 0. The molecular formula is C45H27N3S2. The molecule has 10 aromatic rings. The van der Waals surface area contributed by atoms with E-state index in [0.717, 1.165) is 22.7 Å². The van der Waals surface area contributed by atoms with Crippen molar-refractivity contribution in [2.45, 2.75) is 0 Å². The summed E-state index contributed by atoms with van der Waals surface area (Å²) in [7, 11) is 0. The van der Waals surface area contributed by atoms with Crippen LogP contribution in [0.1, 0.15) is 30.2 Å². The molecule has 0 radical (unpaired) electrons. The highest BCUT2D eigenvalue weighted by atomic mass is 32.1. The Morgan fingerprint density at radius 2 is 0.800 bits per heavy atom. The first-order chi connectivity index (χ1) is 33.9. The van der Waals surface area contributed by atoms with Gasteiger partial charge in [-0.2, -0.15) is 0 Å². The van der Waals surface area contributed by atoms with E-state index in [1.807, 2.05) is 0 Å². The van der Waals surface area contributed by atoms with Gasteiger partial charge in [0.15, 0.2) is 17.5 Å². The fourth-order valence-corrected chi connectivity index (χ4v) is 7.51. The molecule has 234 valence electrons. The van der Waals surface area contributed by atoms with Gasteiger partial charge in [-0.1, -0.05) is 127 Å². The second kappa shape index (κ2) is 11.8. The van der Waals surface area contributed by atoms with Gasteiger partial charge in [0.25, 0.3) is 0 Å². The van der Waals surface area contributed by atoms with Crippen LogP contribution in [0.5, 0.6) is 0 Å². The molecule has 0 amide bonds. The highest BCUT2D eigenvalue weighted by molar-refractivity contribution is 7.26. The minimum absolute atomic E-state index is 0.0412. The predicted octanol–water partition coefficient (Wildman–Crippen LogP) is 12.9. The van der Waals surface area contributed by atoms with E-state index in [1.165, 1.54) is 0 Å². The van der Waals surface area contributed by atoms with Crippen LogP contribution in [0.25, 0.3) is 96.8 Å². The Hall–Kier alpha value is -6.01. The van der Waals surface area contributed by atoms with Gasteiger partial charge in [-0.3, -0.25) is 0 Å². The number of hydrogen-bond acceptors (Lipinski definition) is 5. The van der Waals surface area contributed by atoms with Gasteiger partial charge in [0, 0.05) is 57.0 Å². The van der Waals surface area contributed by atoms with Gasteiger partial charge in [-0.15, -0.1) is 22.7 Å². The standard InChI is InChI=1S/C45H27N3S2/c1-2-12-28(13-3-1)43-46-44(31-16-8-14-29(26-31)33-20-10-24-39-41(33)35-18-4-6-22-37(35)49-39)48-45(47-43)32-17-9-15-30(27-32)34-21-11-25-40-42(34)36-19-5-7-23-38(36)50-40/h1-27H/i4D,5D,6D,7D,8D,9D,10D,11D,14D,15D,16D,17D,18D,19D,20D,21D,22D,23D,24D,25D,26D,27D. The van der Waals surface area contributed by atoms with E-state index in [2.05, 4.69) is 15.0 Å². The van der Waals surface area contributed by atoms with E-state index in [1.54, 1.807) is 30.3 Å². The third-order valence-electron chi connectivity index (χ3n) is 7.76. The van der Waals surface area contributed by atoms with Crippen molar-refractivity contribution < 1.29 is 30.2 Å². The summed E-state index contributed by atoms with van der Waals surface area (Å²) in [4.78, 5) is 13.7. The lowest BCUT2D eigenvalue weighted by molar-refractivity contribution is 1.07. The highest BCUT2D eigenvalue weighted by Gasteiger charge is 2.17. The maximum Gasteiger partial charge on any atom is 0.164 e. The molecule has 0 fully saturated rings. The summed E-state index contributed by atoms with van der Waals surface area (Å²) < 4.78 is 196. The lowest BCUT2D eigenvalue weighted by Gasteiger charge is -2.11. The largest absolute Gasteiger partial charge is 0.208 e. The molecule has 3 heterocycles. The van der Waals surface area contributed by atoms with Crippen LogP contribution in [-0.2, 0) is 0 Å². The number of nitrogens with zero attached hydrogens (tertiary/aromatic N) is 3. The van der Waals surface area contributed by atoms with Gasteiger partial charge in [0.1, 0.15) is 0 Å². The summed E-state index contributed by atoms with van der Waals surface area (Å²) in [6.07, 6.45) is 0. The van der Waals surface area contributed by atoms with Gasteiger partial charge in [0.2, 0.25) is 0 Å². The van der Waals surface area contributed by atoms with Crippen molar-refractivity contribution >= 4 is 63.0 Å². The summed E-state index contributed by atoms with van der Waals surface area (Å²) >= 11 is 1.49. The van der Waals surface area contributed by atoms with Crippen molar-refractivity contribution in [2.75, 3.05) is 0 Å². The zero-order valence-electron chi connectivity index (χ0n) is 47.0. The molecular weight excluding hydrogens is 647 g/mol. The molecule has 0 aliphatic heterocycles. The van der Waals surface area contributed by atoms with Crippen LogP contribution in [0.4, 0.5) is 0 Å². The van der Waals surface area contributed by atoms with Crippen LogP contribution in [0, 0.1) is 0 Å². The van der Waals surface area contributed by atoms with Crippen molar-refractivity contribution in [2.24, 2.45) is 0 Å². The Morgan fingerprint density at radius 3 is 1.32 bits per heavy atom. The second-order valence-corrected chi connectivity index (χ2v) is 12.7. The first-order valence-corrected chi connectivity index (χ1v) is 16.5. The lowest BCUT2D eigenvalue weighted by Crippen LogP contribution is -2.00. The van der Waals surface area contributed by atoms with Crippen LogP contribution >= 0.6 is 22.7 Å². The Balaban J connectivity index is 1.32. The Morgan fingerprint density at radius 1 is 0.380 bits per heavy atom. The van der Waals surface area contributed by atoms with E-state index < -0.39 is 178 Å². The number of rotatable bonds is 5. The molecule has 0 aliphatic rings. The molecule has 3 aromatic heterocycles.